The molecule has 2 nitrogen and oxygen atoms in total. The Morgan fingerprint density at radius 3 is 2.08 bits per heavy atom. The fourth-order valence-corrected chi connectivity index (χ4v) is 4.05. The average Bonchev–Trinajstić information content (AvgIpc) is 2.43. The summed E-state index contributed by atoms with van der Waals surface area (Å²) in [5.74, 6) is 1.18. The lowest BCUT2D eigenvalue weighted by atomic mass is 9.84. The van der Waals surface area contributed by atoms with Crippen LogP contribution in [0.4, 0.5) is 0 Å². The van der Waals surface area contributed by atoms with E-state index in [4.69, 9.17) is 4.43 Å². The van der Waals surface area contributed by atoms with Crippen LogP contribution in [-0.2, 0) is 9.22 Å². The van der Waals surface area contributed by atoms with Gasteiger partial charge in [0.1, 0.15) is 5.78 Å². The van der Waals surface area contributed by atoms with E-state index in [1.54, 1.807) is 0 Å². The summed E-state index contributed by atoms with van der Waals surface area (Å²) in [4.78, 5) is 12.4. The van der Waals surface area contributed by atoms with E-state index in [1.807, 2.05) is 12.2 Å². The molecule has 0 aliphatic rings. The van der Waals surface area contributed by atoms with E-state index < -0.39 is 8.32 Å². The van der Waals surface area contributed by atoms with Crippen LogP contribution in [-0.4, -0.2) is 20.2 Å². The molecule has 0 aliphatic carbocycles. The molecule has 0 N–H and O–H groups in total. The number of rotatable bonds is 12. The normalized spacial score (nSPS) is 15.2. The molecule has 0 saturated heterocycles. The number of hydrogen-bond donors (Lipinski definition) is 0. The van der Waals surface area contributed by atoms with Crippen LogP contribution in [0.3, 0.4) is 0 Å². The van der Waals surface area contributed by atoms with Gasteiger partial charge in [0.15, 0.2) is 8.32 Å². The first-order valence-electron chi connectivity index (χ1n) is 9.37. The number of carbonyl (C=O) groups is 1. The first kappa shape index (κ1) is 23.3. The Morgan fingerprint density at radius 1 is 1.12 bits per heavy atom. The number of hydrogen-bond acceptors (Lipinski definition) is 2. The monoisotopic (exact) mass is 352 g/mol. The zero-order chi connectivity index (χ0) is 19.0. The second-order valence-corrected chi connectivity index (χ2v) is 13.5. The van der Waals surface area contributed by atoms with E-state index >= 15 is 0 Å². The molecule has 0 amide bonds. The van der Waals surface area contributed by atoms with Crippen LogP contribution in [0.15, 0.2) is 25.3 Å². The van der Waals surface area contributed by atoms with Gasteiger partial charge in [0, 0.05) is 12.8 Å². The quantitative estimate of drug-likeness (QED) is 0.294. The van der Waals surface area contributed by atoms with E-state index in [2.05, 4.69) is 60.9 Å². The number of carbonyl (C=O) groups excluding carboxylic acids is 1. The highest BCUT2D eigenvalue weighted by Crippen LogP contribution is 2.40. The lowest BCUT2D eigenvalue weighted by Crippen LogP contribution is -2.47. The highest BCUT2D eigenvalue weighted by molar-refractivity contribution is 6.74. The fraction of sp³-hybridized carbons (Fsp3) is 0.762. The van der Waals surface area contributed by atoms with Crippen molar-refractivity contribution < 1.29 is 9.22 Å². The largest absolute Gasteiger partial charge is 0.413 e. The van der Waals surface area contributed by atoms with Crippen molar-refractivity contribution in [3.05, 3.63) is 25.3 Å². The zero-order valence-electron chi connectivity index (χ0n) is 17.2. The maximum Gasteiger partial charge on any atom is 0.192 e. The predicted molar refractivity (Wildman–Crippen MR) is 109 cm³/mol. The molecule has 0 spiro atoms. The van der Waals surface area contributed by atoms with Crippen molar-refractivity contribution in [1.82, 2.24) is 0 Å². The Bertz CT molecular complexity index is 405. The van der Waals surface area contributed by atoms with E-state index in [0.29, 0.717) is 30.5 Å². The van der Waals surface area contributed by atoms with Crippen molar-refractivity contribution in [1.29, 1.82) is 0 Å². The van der Waals surface area contributed by atoms with Crippen molar-refractivity contribution in [3.8, 4) is 0 Å². The van der Waals surface area contributed by atoms with E-state index in [9.17, 15) is 4.79 Å². The van der Waals surface area contributed by atoms with Crippen molar-refractivity contribution in [2.24, 2.45) is 11.8 Å². The minimum atomic E-state index is -1.91. The topological polar surface area (TPSA) is 26.3 Å². The fourth-order valence-electron chi connectivity index (χ4n) is 2.68. The second kappa shape index (κ2) is 10.3. The third kappa shape index (κ3) is 7.93. The van der Waals surface area contributed by atoms with Gasteiger partial charge < -0.3 is 4.43 Å². The van der Waals surface area contributed by atoms with E-state index in [-0.39, 0.29) is 11.1 Å². The molecule has 0 radical (unpaired) electrons. The maximum atomic E-state index is 12.4. The van der Waals surface area contributed by atoms with Crippen molar-refractivity contribution in [2.75, 3.05) is 0 Å². The molecule has 0 bridgehead atoms. The summed E-state index contributed by atoms with van der Waals surface area (Å²) in [6.07, 6.45) is 7.68. The lowest BCUT2D eigenvalue weighted by molar-refractivity contribution is -0.121. The van der Waals surface area contributed by atoms with E-state index in [0.717, 1.165) is 19.3 Å². The summed E-state index contributed by atoms with van der Waals surface area (Å²) in [5, 5.41) is 0.148. The molecule has 3 heteroatoms. The average molecular weight is 353 g/mol. The van der Waals surface area contributed by atoms with Crippen LogP contribution in [0, 0.1) is 11.8 Å². The Morgan fingerprint density at radius 2 is 1.67 bits per heavy atom. The first-order chi connectivity index (χ1) is 11.0. The highest BCUT2D eigenvalue weighted by Gasteiger charge is 2.41. The van der Waals surface area contributed by atoms with Crippen LogP contribution in [0.2, 0.25) is 18.1 Å². The van der Waals surface area contributed by atoms with Gasteiger partial charge in [-0.05, 0) is 49.2 Å². The lowest BCUT2D eigenvalue weighted by Gasteiger charge is -2.42. The molecule has 140 valence electrons. The summed E-state index contributed by atoms with van der Waals surface area (Å²) in [6, 6.07) is 0. The van der Waals surface area contributed by atoms with Crippen LogP contribution in [0.5, 0.6) is 0 Å². The maximum absolute atomic E-state index is 12.4. The Balaban J connectivity index is 5.35. The molecule has 0 aromatic heterocycles. The molecule has 0 aliphatic heterocycles. The summed E-state index contributed by atoms with van der Waals surface area (Å²) < 4.78 is 6.73. The van der Waals surface area contributed by atoms with Gasteiger partial charge >= 0.3 is 0 Å². The van der Waals surface area contributed by atoms with Gasteiger partial charge in [0.05, 0.1) is 6.10 Å². The van der Waals surface area contributed by atoms with Gasteiger partial charge in [0.2, 0.25) is 0 Å². The molecule has 0 fully saturated rings. The minimum Gasteiger partial charge on any atom is -0.413 e. The Kier molecular flexibility index (Phi) is 10.1. The molecule has 0 heterocycles. The SMILES string of the molecule is C=CCCC(=O)C[C@@H](O[Si](C)(C)C(C)(C)C)[C@H](CCC=C)C(C)C. The number of allylic oxidation sites excluding steroid dienone is 2. The number of ketones is 1. The number of Topliss-reactive ketones (excluding diaryl/α,β-unsaturated/α-hetero) is 1. The molecule has 24 heavy (non-hydrogen) atoms. The molecule has 0 saturated carbocycles. The summed E-state index contributed by atoms with van der Waals surface area (Å²) in [6.45, 7) is 23.4. The van der Waals surface area contributed by atoms with E-state index in [1.165, 1.54) is 0 Å². The highest BCUT2D eigenvalue weighted by atomic mass is 28.4. The Hall–Kier alpha value is -0.673. The van der Waals surface area contributed by atoms with Crippen molar-refractivity contribution in [2.45, 2.75) is 91.0 Å². The summed E-state index contributed by atoms with van der Waals surface area (Å²) >= 11 is 0. The van der Waals surface area contributed by atoms with Gasteiger partial charge in [0.25, 0.3) is 0 Å². The van der Waals surface area contributed by atoms with Gasteiger partial charge in [-0.1, -0.05) is 46.8 Å². The molecular weight excluding hydrogens is 312 g/mol. The summed E-state index contributed by atoms with van der Waals surface area (Å²) in [5.41, 5.74) is 0. The molecule has 0 aromatic rings. The van der Waals surface area contributed by atoms with Gasteiger partial charge in [-0.15, -0.1) is 13.2 Å². The van der Waals surface area contributed by atoms with Gasteiger partial charge in [-0.25, -0.2) is 0 Å². The molecule has 0 unspecified atom stereocenters. The van der Waals surface area contributed by atoms with Gasteiger partial charge in [-0.3, -0.25) is 4.79 Å². The third-order valence-corrected chi connectivity index (χ3v) is 9.85. The predicted octanol–water partition coefficient (Wildman–Crippen LogP) is 6.54. The third-order valence-electron chi connectivity index (χ3n) is 5.35. The zero-order valence-corrected chi connectivity index (χ0v) is 18.2. The molecular formula is C21H40O2Si. The van der Waals surface area contributed by atoms with Crippen molar-refractivity contribution >= 4 is 14.1 Å². The van der Waals surface area contributed by atoms with Crippen LogP contribution >= 0.6 is 0 Å². The smallest absolute Gasteiger partial charge is 0.192 e. The molecule has 2 atom stereocenters. The second-order valence-electron chi connectivity index (χ2n) is 8.76. The van der Waals surface area contributed by atoms with Crippen LogP contribution in [0.1, 0.15) is 66.7 Å². The summed E-state index contributed by atoms with van der Waals surface area (Å²) in [7, 11) is -1.91. The Labute approximate surface area is 151 Å². The van der Waals surface area contributed by atoms with Crippen LogP contribution < -0.4 is 0 Å². The van der Waals surface area contributed by atoms with Crippen molar-refractivity contribution in [3.63, 3.8) is 0 Å². The minimum absolute atomic E-state index is 0.0168. The van der Waals surface area contributed by atoms with Gasteiger partial charge in [-0.2, -0.15) is 0 Å². The molecule has 0 aromatic carbocycles. The first-order valence-corrected chi connectivity index (χ1v) is 12.3. The molecule has 0 rings (SSSR count). The van der Waals surface area contributed by atoms with Crippen LogP contribution in [0.25, 0.3) is 0 Å². The standard InChI is InChI=1S/C21H40O2Si/c1-10-12-14-18(22)16-20(19(17(3)4)15-13-11-2)23-24(8,9)21(5,6)7/h10-11,17,19-20H,1-2,12-16H2,3-9H3/t19-,20-/m1/s1.